The lowest BCUT2D eigenvalue weighted by Crippen LogP contribution is -2.19. The quantitative estimate of drug-likeness (QED) is 0.590. The molecule has 0 aliphatic carbocycles. The minimum Gasteiger partial charge on any atom is -0.484 e. The van der Waals surface area contributed by atoms with Crippen LogP contribution in [0.25, 0.3) is 5.65 Å². The van der Waals surface area contributed by atoms with E-state index in [9.17, 15) is 18.0 Å². The summed E-state index contributed by atoms with van der Waals surface area (Å²) in [6, 6.07) is 2.75. The van der Waals surface area contributed by atoms with Gasteiger partial charge in [-0.05, 0) is 18.7 Å². The molecule has 0 atom stereocenters. The molecule has 2 rings (SSSR count). The summed E-state index contributed by atoms with van der Waals surface area (Å²) in [5.74, 6) is 0.167. The maximum absolute atomic E-state index is 12.2. The Kier molecular flexibility index (Phi) is 5.40. The van der Waals surface area contributed by atoms with E-state index in [1.54, 1.807) is 11.3 Å². The molecule has 0 N–H and O–H groups in total. The van der Waals surface area contributed by atoms with Gasteiger partial charge in [0, 0.05) is 12.3 Å². The van der Waals surface area contributed by atoms with E-state index >= 15 is 0 Å². The van der Waals surface area contributed by atoms with Crippen LogP contribution >= 0.6 is 11.8 Å². The number of imidazole rings is 1. The van der Waals surface area contributed by atoms with Gasteiger partial charge in [0.2, 0.25) is 0 Å². The highest BCUT2D eigenvalue weighted by Gasteiger charge is 2.28. The van der Waals surface area contributed by atoms with E-state index in [4.69, 9.17) is 9.47 Å². The second kappa shape index (κ2) is 7.12. The average molecular weight is 348 g/mol. The zero-order valence-electron chi connectivity index (χ0n) is 12.5. The summed E-state index contributed by atoms with van der Waals surface area (Å²) >= 11 is 1.39. The minimum atomic E-state index is -4.42. The first kappa shape index (κ1) is 17.5. The van der Waals surface area contributed by atoms with Gasteiger partial charge in [0.1, 0.15) is 16.4 Å². The van der Waals surface area contributed by atoms with Crippen LogP contribution in [0.3, 0.4) is 0 Å². The summed E-state index contributed by atoms with van der Waals surface area (Å²) in [6.45, 7) is 2.43. The Hall–Kier alpha value is -1.90. The Morgan fingerprint density at radius 3 is 2.74 bits per heavy atom. The third kappa shape index (κ3) is 4.31. The highest BCUT2D eigenvalue weighted by atomic mass is 32.2. The molecule has 0 fully saturated rings. The van der Waals surface area contributed by atoms with Crippen molar-refractivity contribution in [1.29, 1.82) is 0 Å². The third-order valence-electron chi connectivity index (χ3n) is 2.71. The summed E-state index contributed by atoms with van der Waals surface area (Å²) in [5, 5.41) is 0.586. The molecule has 0 radical (unpaired) electrons. The summed E-state index contributed by atoms with van der Waals surface area (Å²) < 4.78 is 47.9. The number of ether oxygens (including phenoxy) is 2. The first-order chi connectivity index (χ1) is 10.9. The van der Waals surface area contributed by atoms with E-state index in [-0.39, 0.29) is 18.1 Å². The normalized spacial score (nSPS) is 11.7. The van der Waals surface area contributed by atoms with Crippen molar-refractivity contribution in [1.82, 2.24) is 9.38 Å². The number of pyridine rings is 1. The van der Waals surface area contributed by atoms with Gasteiger partial charge < -0.3 is 9.47 Å². The molecule has 2 aromatic heterocycles. The molecule has 0 aliphatic rings. The highest BCUT2D eigenvalue weighted by Crippen LogP contribution is 2.27. The summed E-state index contributed by atoms with van der Waals surface area (Å²) in [5.41, 5.74) is 0.468. The van der Waals surface area contributed by atoms with Gasteiger partial charge in [-0.3, -0.25) is 4.40 Å². The smallest absolute Gasteiger partial charge is 0.422 e. The number of nitrogens with zero attached hydrogens (tertiary/aromatic N) is 2. The van der Waals surface area contributed by atoms with Gasteiger partial charge >= 0.3 is 12.1 Å². The fourth-order valence-electron chi connectivity index (χ4n) is 1.87. The van der Waals surface area contributed by atoms with Gasteiger partial charge in [-0.15, -0.1) is 11.8 Å². The number of thioether (sulfide) groups is 1. The Balaban J connectivity index is 2.37. The van der Waals surface area contributed by atoms with Crippen LogP contribution in [-0.4, -0.2) is 40.5 Å². The van der Waals surface area contributed by atoms with Crippen molar-refractivity contribution in [3.63, 3.8) is 0 Å². The first-order valence-corrected chi connectivity index (χ1v) is 7.85. The van der Waals surface area contributed by atoms with E-state index < -0.39 is 18.8 Å². The average Bonchev–Trinajstić information content (AvgIpc) is 2.83. The molecule has 5 nitrogen and oxygen atoms in total. The van der Waals surface area contributed by atoms with Crippen molar-refractivity contribution >= 4 is 23.4 Å². The monoisotopic (exact) mass is 348 g/mol. The van der Waals surface area contributed by atoms with E-state index in [1.165, 1.54) is 30.1 Å². The molecule has 23 heavy (non-hydrogen) atoms. The number of esters is 1. The van der Waals surface area contributed by atoms with E-state index in [1.807, 2.05) is 6.92 Å². The van der Waals surface area contributed by atoms with Crippen molar-refractivity contribution in [3.8, 4) is 5.75 Å². The number of carbonyl (C=O) groups is 1. The zero-order valence-corrected chi connectivity index (χ0v) is 13.3. The molecular formula is C14H15F3N2O3S. The summed E-state index contributed by atoms with van der Waals surface area (Å²) in [7, 11) is 0. The number of rotatable bonds is 6. The standard InChI is InChI=1S/C14H15F3N2O3S/c1-3-21-13(20)11-12(23-4-2)19-6-5-9(7-10(19)18-11)22-8-14(15,16)17/h5-7H,3-4,8H2,1-2H3. The number of carbonyl (C=O) groups excluding carboxylic acids is 1. The number of hydrogen-bond donors (Lipinski definition) is 0. The maximum atomic E-state index is 12.2. The van der Waals surface area contributed by atoms with Crippen LogP contribution in [0.15, 0.2) is 23.4 Å². The van der Waals surface area contributed by atoms with Gasteiger partial charge in [0.15, 0.2) is 12.3 Å². The van der Waals surface area contributed by atoms with E-state index in [0.717, 1.165) is 0 Å². The van der Waals surface area contributed by atoms with Crippen LogP contribution in [0, 0.1) is 0 Å². The van der Waals surface area contributed by atoms with Crippen LogP contribution in [0.4, 0.5) is 13.2 Å². The maximum Gasteiger partial charge on any atom is 0.422 e. The highest BCUT2D eigenvalue weighted by molar-refractivity contribution is 7.99. The Morgan fingerprint density at radius 1 is 1.39 bits per heavy atom. The molecule has 2 aromatic rings. The van der Waals surface area contributed by atoms with Gasteiger partial charge in [-0.25, -0.2) is 9.78 Å². The molecule has 0 aromatic carbocycles. The Bertz CT molecular complexity index is 700. The molecule has 0 spiro atoms. The van der Waals surface area contributed by atoms with Crippen LogP contribution < -0.4 is 4.74 Å². The molecule has 2 heterocycles. The number of alkyl halides is 3. The predicted octanol–water partition coefficient (Wildman–Crippen LogP) is 3.56. The van der Waals surface area contributed by atoms with Gasteiger partial charge in [-0.1, -0.05) is 6.92 Å². The Labute approximate surface area is 134 Å². The molecule has 0 saturated carbocycles. The van der Waals surface area contributed by atoms with Gasteiger partial charge in [-0.2, -0.15) is 13.2 Å². The molecule has 0 saturated heterocycles. The molecule has 0 unspecified atom stereocenters. The molecule has 0 bridgehead atoms. The summed E-state index contributed by atoms with van der Waals surface area (Å²) in [4.78, 5) is 16.1. The van der Waals surface area contributed by atoms with Crippen LogP contribution in [0.2, 0.25) is 0 Å². The van der Waals surface area contributed by atoms with Crippen molar-refractivity contribution in [3.05, 3.63) is 24.0 Å². The molecular weight excluding hydrogens is 333 g/mol. The predicted molar refractivity (Wildman–Crippen MR) is 79.1 cm³/mol. The van der Waals surface area contributed by atoms with Crippen molar-refractivity contribution in [2.45, 2.75) is 25.0 Å². The van der Waals surface area contributed by atoms with Crippen LogP contribution in [0.5, 0.6) is 5.75 Å². The molecule has 0 amide bonds. The first-order valence-electron chi connectivity index (χ1n) is 6.87. The van der Waals surface area contributed by atoms with Crippen molar-refractivity contribution in [2.24, 2.45) is 0 Å². The largest absolute Gasteiger partial charge is 0.484 e. The van der Waals surface area contributed by atoms with Crippen molar-refractivity contribution in [2.75, 3.05) is 19.0 Å². The second-order valence-electron chi connectivity index (χ2n) is 4.41. The van der Waals surface area contributed by atoms with Crippen molar-refractivity contribution < 1.29 is 27.4 Å². The van der Waals surface area contributed by atoms with Crippen LogP contribution in [-0.2, 0) is 4.74 Å². The van der Waals surface area contributed by atoms with Crippen LogP contribution in [0.1, 0.15) is 24.3 Å². The lowest BCUT2D eigenvalue weighted by Gasteiger charge is -2.09. The lowest BCUT2D eigenvalue weighted by atomic mass is 10.4. The number of halogens is 3. The van der Waals surface area contributed by atoms with E-state index in [0.29, 0.717) is 16.4 Å². The zero-order chi connectivity index (χ0) is 17.0. The summed E-state index contributed by atoms with van der Waals surface area (Å²) in [6.07, 6.45) is -2.89. The molecule has 0 aliphatic heterocycles. The minimum absolute atomic E-state index is 0.0308. The number of hydrogen-bond acceptors (Lipinski definition) is 5. The number of fused-ring (bicyclic) bond motifs is 1. The SMILES string of the molecule is CCOC(=O)c1nc2cc(OCC(F)(F)F)ccn2c1SCC. The van der Waals surface area contributed by atoms with Gasteiger partial charge in [0.25, 0.3) is 0 Å². The lowest BCUT2D eigenvalue weighted by molar-refractivity contribution is -0.153. The molecule has 9 heteroatoms. The van der Waals surface area contributed by atoms with Gasteiger partial charge in [0.05, 0.1) is 6.61 Å². The topological polar surface area (TPSA) is 52.8 Å². The Morgan fingerprint density at radius 2 is 2.13 bits per heavy atom. The van der Waals surface area contributed by atoms with E-state index in [2.05, 4.69) is 4.98 Å². The fourth-order valence-corrected chi connectivity index (χ4v) is 2.70. The second-order valence-corrected chi connectivity index (χ2v) is 5.67. The molecule has 126 valence electrons. The third-order valence-corrected chi connectivity index (χ3v) is 3.66. The number of aromatic nitrogens is 2. The fraction of sp³-hybridized carbons (Fsp3) is 0.429.